The second-order valence-corrected chi connectivity index (χ2v) is 15.1. The topological polar surface area (TPSA) is 44.1 Å². The van der Waals surface area contributed by atoms with Crippen molar-refractivity contribution in [2.75, 3.05) is 5.73 Å². The molecular formula is C53H34N2O. The number of rotatable bonds is 4. The van der Waals surface area contributed by atoms with Gasteiger partial charge in [-0.15, -0.1) is 0 Å². The number of anilines is 1. The van der Waals surface area contributed by atoms with E-state index in [9.17, 15) is 0 Å². The van der Waals surface area contributed by atoms with Gasteiger partial charge in [0, 0.05) is 38.5 Å². The Bertz CT molecular complexity index is 3470. The molecule has 1 aliphatic rings. The lowest BCUT2D eigenvalue weighted by Crippen LogP contribution is -1.94. The van der Waals surface area contributed by atoms with E-state index in [1.807, 2.05) is 12.1 Å². The lowest BCUT2D eigenvalue weighted by atomic mass is 9.98. The van der Waals surface area contributed by atoms with Crippen molar-refractivity contribution in [2.45, 2.75) is 6.42 Å². The zero-order chi connectivity index (χ0) is 36.9. The minimum absolute atomic E-state index is 0.824. The van der Waals surface area contributed by atoms with Crippen molar-refractivity contribution < 1.29 is 4.42 Å². The van der Waals surface area contributed by atoms with E-state index in [2.05, 4.69) is 174 Å². The Kier molecular flexibility index (Phi) is 6.55. The van der Waals surface area contributed by atoms with Gasteiger partial charge in [0.25, 0.3) is 0 Å². The first-order valence-corrected chi connectivity index (χ1v) is 19.3. The number of para-hydroxylation sites is 1. The molecule has 0 atom stereocenters. The van der Waals surface area contributed by atoms with Gasteiger partial charge in [-0.1, -0.05) is 127 Å². The van der Waals surface area contributed by atoms with E-state index in [1.165, 1.54) is 87.7 Å². The highest BCUT2D eigenvalue weighted by molar-refractivity contribution is 6.19. The zero-order valence-corrected chi connectivity index (χ0v) is 30.5. The molecule has 2 heterocycles. The molecule has 0 bridgehead atoms. The number of aromatic nitrogens is 1. The van der Waals surface area contributed by atoms with Gasteiger partial charge in [-0.25, -0.2) is 0 Å². The van der Waals surface area contributed by atoms with Crippen molar-refractivity contribution in [3.8, 4) is 27.9 Å². The van der Waals surface area contributed by atoms with Crippen LogP contribution in [0.3, 0.4) is 0 Å². The zero-order valence-electron chi connectivity index (χ0n) is 30.5. The number of nitrogens with zero attached hydrogens (tertiary/aromatic N) is 1. The average Bonchev–Trinajstić information content (AvgIpc) is 3.90. The molecule has 0 saturated carbocycles. The number of hydrogen-bond acceptors (Lipinski definition) is 2. The Morgan fingerprint density at radius 2 is 1.18 bits per heavy atom. The van der Waals surface area contributed by atoms with Crippen LogP contribution in [0, 0.1) is 0 Å². The summed E-state index contributed by atoms with van der Waals surface area (Å²) in [6.07, 6.45) is 3.17. The molecule has 0 radical (unpaired) electrons. The molecule has 0 unspecified atom stereocenters. The van der Waals surface area contributed by atoms with Gasteiger partial charge >= 0.3 is 0 Å². The molecule has 0 aliphatic heterocycles. The van der Waals surface area contributed by atoms with Crippen LogP contribution in [0.1, 0.15) is 16.7 Å². The maximum atomic E-state index is 6.54. The Hall–Kier alpha value is -7.36. The smallest absolute Gasteiger partial charge is 0.136 e. The first-order chi connectivity index (χ1) is 27.7. The molecule has 11 aromatic rings. The highest BCUT2D eigenvalue weighted by Gasteiger charge is 2.24. The van der Waals surface area contributed by atoms with Crippen LogP contribution in [0.4, 0.5) is 5.69 Å². The summed E-state index contributed by atoms with van der Waals surface area (Å²) in [7, 11) is 0. The van der Waals surface area contributed by atoms with Gasteiger partial charge in [0.05, 0.1) is 11.0 Å². The molecule has 1 aliphatic carbocycles. The molecule has 9 aromatic carbocycles. The van der Waals surface area contributed by atoms with Crippen LogP contribution in [0.5, 0.6) is 0 Å². The van der Waals surface area contributed by atoms with Gasteiger partial charge in [-0.2, -0.15) is 0 Å². The van der Waals surface area contributed by atoms with Crippen molar-refractivity contribution in [1.29, 1.82) is 0 Å². The fraction of sp³-hybridized carbons (Fsp3) is 0.0189. The predicted octanol–water partition coefficient (Wildman–Crippen LogP) is 13.9. The van der Waals surface area contributed by atoms with Gasteiger partial charge in [-0.3, -0.25) is 0 Å². The van der Waals surface area contributed by atoms with E-state index < -0.39 is 0 Å². The van der Waals surface area contributed by atoms with Gasteiger partial charge in [-0.05, 0) is 122 Å². The Morgan fingerprint density at radius 1 is 0.482 bits per heavy atom. The van der Waals surface area contributed by atoms with Crippen LogP contribution in [0.15, 0.2) is 186 Å². The summed E-state index contributed by atoms with van der Waals surface area (Å²) >= 11 is 0. The molecule has 3 heteroatoms. The molecule has 12 rings (SSSR count). The highest BCUT2D eigenvalue weighted by Crippen LogP contribution is 2.47. The van der Waals surface area contributed by atoms with Gasteiger partial charge in [0.1, 0.15) is 11.2 Å². The first kappa shape index (κ1) is 31.0. The third-order valence-corrected chi connectivity index (χ3v) is 11.9. The second-order valence-electron chi connectivity index (χ2n) is 15.1. The van der Waals surface area contributed by atoms with Crippen LogP contribution < -0.4 is 5.73 Å². The van der Waals surface area contributed by atoms with Crippen molar-refractivity contribution in [1.82, 2.24) is 4.57 Å². The van der Waals surface area contributed by atoms with E-state index in [0.717, 1.165) is 39.9 Å². The van der Waals surface area contributed by atoms with Crippen LogP contribution in [0.25, 0.3) is 98.8 Å². The van der Waals surface area contributed by atoms with Crippen molar-refractivity contribution in [2.24, 2.45) is 0 Å². The third-order valence-electron chi connectivity index (χ3n) is 11.9. The molecule has 56 heavy (non-hydrogen) atoms. The largest absolute Gasteiger partial charge is 0.456 e. The lowest BCUT2D eigenvalue weighted by molar-refractivity contribution is 0.669. The Balaban J connectivity index is 0.923. The van der Waals surface area contributed by atoms with Crippen LogP contribution >= 0.6 is 0 Å². The Morgan fingerprint density at radius 3 is 2.11 bits per heavy atom. The first-order valence-electron chi connectivity index (χ1n) is 19.3. The summed E-state index contributed by atoms with van der Waals surface area (Å²) in [6.45, 7) is 0. The van der Waals surface area contributed by atoms with E-state index >= 15 is 0 Å². The fourth-order valence-electron chi connectivity index (χ4n) is 9.32. The number of nitrogens with two attached hydrogens (primary N) is 1. The van der Waals surface area contributed by atoms with Gasteiger partial charge < -0.3 is 14.7 Å². The number of benzene rings is 9. The van der Waals surface area contributed by atoms with Crippen LogP contribution in [-0.2, 0) is 6.42 Å². The summed E-state index contributed by atoms with van der Waals surface area (Å²) in [5.74, 6) is 0. The summed E-state index contributed by atoms with van der Waals surface area (Å²) in [4.78, 5) is 0. The van der Waals surface area contributed by atoms with E-state index in [1.54, 1.807) is 0 Å². The van der Waals surface area contributed by atoms with Crippen molar-refractivity contribution >= 4 is 76.5 Å². The maximum Gasteiger partial charge on any atom is 0.136 e. The number of hydrogen-bond donors (Lipinski definition) is 1. The predicted molar refractivity (Wildman–Crippen MR) is 236 cm³/mol. The average molecular weight is 715 g/mol. The summed E-state index contributed by atoms with van der Waals surface area (Å²) in [5, 5.41) is 9.68. The summed E-state index contributed by atoms with van der Waals surface area (Å²) in [5.41, 5.74) is 22.5. The van der Waals surface area contributed by atoms with Crippen LogP contribution in [0.2, 0.25) is 0 Å². The molecule has 2 N–H and O–H groups in total. The monoisotopic (exact) mass is 714 g/mol. The van der Waals surface area contributed by atoms with Gasteiger partial charge in [0.2, 0.25) is 0 Å². The maximum absolute atomic E-state index is 6.54. The quantitative estimate of drug-likeness (QED) is 0.184. The van der Waals surface area contributed by atoms with Crippen LogP contribution in [-0.4, -0.2) is 4.57 Å². The standard InChI is InChI=1S/C53H34N2O/c54-47-14-7-13-43-40-10-3-4-11-41(40)44(52(43)47)24-17-32-16-18-35-29-38(23-19-34(35)28-32)55-48-15-6-5-12-42(48)45-30-36(20-25-49(45)55)37-22-26-50-46(31-37)53-39-9-2-1-8-33(39)21-27-51(53)56-50/h1-16,18-31H,17,54H2/b44-24-. The molecule has 0 fully saturated rings. The van der Waals surface area contributed by atoms with Crippen molar-refractivity contribution in [3.05, 3.63) is 199 Å². The molecule has 2 aromatic heterocycles. The SMILES string of the molecule is Nc1cccc2c1/C(=C\Cc1ccc3cc(-n4c5ccccc5c5cc(-c6ccc7oc8ccc9ccccc9c8c7c6)ccc54)ccc3c1)c1ccccc1-2. The lowest BCUT2D eigenvalue weighted by Gasteiger charge is -2.11. The highest BCUT2D eigenvalue weighted by atomic mass is 16.3. The van der Waals surface area contributed by atoms with Gasteiger partial charge in [0.15, 0.2) is 0 Å². The molecule has 0 spiro atoms. The van der Waals surface area contributed by atoms with E-state index in [4.69, 9.17) is 10.2 Å². The molecule has 0 saturated heterocycles. The number of furan rings is 1. The third kappa shape index (κ3) is 4.58. The molecule has 262 valence electrons. The van der Waals surface area contributed by atoms with Crippen molar-refractivity contribution in [3.63, 3.8) is 0 Å². The number of nitrogen functional groups attached to an aromatic ring is 1. The number of allylic oxidation sites excluding steroid dienone is 1. The van der Waals surface area contributed by atoms with E-state index in [0.29, 0.717) is 0 Å². The van der Waals surface area contributed by atoms with E-state index in [-0.39, 0.29) is 0 Å². The Labute approximate surface area is 323 Å². The molecule has 0 amide bonds. The minimum Gasteiger partial charge on any atom is -0.456 e. The molecular weight excluding hydrogens is 681 g/mol. The summed E-state index contributed by atoms with van der Waals surface area (Å²) < 4.78 is 8.73. The number of fused-ring (bicyclic) bond motifs is 12. The normalized spacial score (nSPS) is 13.2. The second kappa shape index (κ2) is 11.8. The molecule has 3 nitrogen and oxygen atoms in total. The minimum atomic E-state index is 0.824. The summed E-state index contributed by atoms with van der Waals surface area (Å²) in [6, 6.07) is 63.6. The fourth-order valence-corrected chi connectivity index (χ4v) is 9.32.